The van der Waals surface area contributed by atoms with Crippen LogP contribution in [0.15, 0.2) is 0 Å². The Morgan fingerprint density at radius 3 is 1.86 bits per heavy atom. The van der Waals surface area contributed by atoms with E-state index in [0.29, 0.717) is 27.1 Å². The Morgan fingerprint density at radius 2 is 1.21 bits per heavy atom. The van der Waals surface area contributed by atoms with E-state index >= 15 is 0 Å². The molecular formula is C29H50. The SMILES string of the molecule is CC[C@H]1CC[C@@]2(C)[C@@H]1CC[C@]1(C)[C@@H]2CC[C@@H]2[C@@]3(C)CCCC(C)(C)[C@H]3CC[C@]21C. The topological polar surface area (TPSA) is 0 Å². The second-order valence-electron chi connectivity index (χ2n) is 14.3. The molecule has 5 aliphatic carbocycles. The minimum Gasteiger partial charge on any atom is -0.0651 e. The van der Waals surface area contributed by atoms with Crippen molar-refractivity contribution in [3.05, 3.63) is 0 Å². The molecule has 0 heteroatoms. The first-order valence-electron chi connectivity index (χ1n) is 13.5. The maximum atomic E-state index is 2.81. The zero-order chi connectivity index (χ0) is 20.9. The van der Waals surface area contributed by atoms with Crippen LogP contribution in [0.25, 0.3) is 0 Å². The molecule has 0 amide bonds. The Labute approximate surface area is 182 Å². The first-order chi connectivity index (χ1) is 13.5. The number of hydrogen-bond acceptors (Lipinski definition) is 0. The Morgan fingerprint density at radius 1 is 0.586 bits per heavy atom. The first kappa shape index (κ1) is 20.9. The van der Waals surface area contributed by atoms with E-state index in [0.717, 1.165) is 29.6 Å². The molecule has 0 N–H and O–H groups in total. The predicted octanol–water partition coefficient (Wildman–Crippen LogP) is 8.89. The minimum absolute atomic E-state index is 0.565. The first-order valence-corrected chi connectivity index (χ1v) is 13.5. The van der Waals surface area contributed by atoms with Crippen LogP contribution >= 0.6 is 0 Å². The Kier molecular flexibility index (Phi) is 4.52. The lowest BCUT2D eigenvalue weighted by Gasteiger charge is -2.73. The van der Waals surface area contributed by atoms with Crippen molar-refractivity contribution in [3.8, 4) is 0 Å². The molecule has 0 aromatic heterocycles. The molecule has 0 unspecified atom stereocenters. The van der Waals surface area contributed by atoms with E-state index in [1.807, 2.05) is 0 Å². The number of fused-ring (bicyclic) bond motifs is 7. The Balaban J connectivity index is 1.53. The van der Waals surface area contributed by atoms with Gasteiger partial charge in [-0.05, 0) is 121 Å². The summed E-state index contributed by atoms with van der Waals surface area (Å²) in [5.74, 6) is 4.99. The molecule has 166 valence electrons. The molecule has 29 heavy (non-hydrogen) atoms. The largest absolute Gasteiger partial charge is 0.0651 e. The summed E-state index contributed by atoms with van der Waals surface area (Å²) in [5, 5.41) is 0. The molecule has 0 spiro atoms. The van der Waals surface area contributed by atoms with Crippen LogP contribution in [-0.4, -0.2) is 0 Å². The van der Waals surface area contributed by atoms with Crippen molar-refractivity contribution >= 4 is 0 Å². The van der Waals surface area contributed by atoms with E-state index in [2.05, 4.69) is 48.5 Å². The van der Waals surface area contributed by atoms with E-state index in [4.69, 9.17) is 0 Å². The van der Waals surface area contributed by atoms with Crippen LogP contribution < -0.4 is 0 Å². The average Bonchev–Trinajstić information content (AvgIpc) is 2.98. The summed E-state index contributed by atoms with van der Waals surface area (Å²) in [5.41, 5.74) is 2.97. The normalized spacial score (nSPS) is 58.7. The molecule has 0 aromatic carbocycles. The van der Waals surface area contributed by atoms with Gasteiger partial charge in [-0.3, -0.25) is 0 Å². The maximum absolute atomic E-state index is 2.81. The molecule has 5 fully saturated rings. The fraction of sp³-hybridized carbons (Fsp3) is 1.00. The van der Waals surface area contributed by atoms with Crippen LogP contribution in [0.2, 0.25) is 0 Å². The molecule has 5 aliphatic rings. The fourth-order valence-electron chi connectivity index (χ4n) is 11.9. The summed E-state index contributed by atoms with van der Waals surface area (Å²) in [4.78, 5) is 0. The third-order valence-corrected chi connectivity index (χ3v) is 13.4. The lowest BCUT2D eigenvalue weighted by Crippen LogP contribution is -2.65. The highest BCUT2D eigenvalue weighted by molar-refractivity contribution is 5.18. The van der Waals surface area contributed by atoms with Crippen molar-refractivity contribution in [1.29, 1.82) is 0 Å². The van der Waals surface area contributed by atoms with Crippen LogP contribution in [0, 0.1) is 56.7 Å². The van der Waals surface area contributed by atoms with Gasteiger partial charge in [-0.15, -0.1) is 0 Å². The fourth-order valence-corrected chi connectivity index (χ4v) is 11.9. The molecule has 0 aromatic rings. The van der Waals surface area contributed by atoms with Crippen LogP contribution in [-0.2, 0) is 0 Å². The van der Waals surface area contributed by atoms with Gasteiger partial charge in [-0.25, -0.2) is 0 Å². The van der Waals surface area contributed by atoms with Crippen molar-refractivity contribution < 1.29 is 0 Å². The molecule has 5 rings (SSSR count). The third kappa shape index (κ3) is 2.44. The molecule has 5 saturated carbocycles. The molecule has 9 atom stereocenters. The molecule has 0 bridgehead atoms. The van der Waals surface area contributed by atoms with Gasteiger partial charge in [-0.1, -0.05) is 61.3 Å². The van der Waals surface area contributed by atoms with Crippen LogP contribution in [0.4, 0.5) is 0 Å². The van der Waals surface area contributed by atoms with Gasteiger partial charge >= 0.3 is 0 Å². The van der Waals surface area contributed by atoms with Crippen molar-refractivity contribution in [1.82, 2.24) is 0 Å². The van der Waals surface area contributed by atoms with Crippen LogP contribution in [0.5, 0.6) is 0 Å². The highest BCUT2D eigenvalue weighted by Gasteiger charge is 2.69. The van der Waals surface area contributed by atoms with E-state index in [1.165, 1.54) is 64.2 Å². The smallest absolute Gasteiger partial charge is 0.0235 e. The van der Waals surface area contributed by atoms with Gasteiger partial charge < -0.3 is 0 Å². The van der Waals surface area contributed by atoms with Gasteiger partial charge in [0.25, 0.3) is 0 Å². The third-order valence-electron chi connectivity index (χ3n) is 13.4. The Bertz CT molecular complexity index is 661. The number of rotatable bonds is 1. The van der Waals surface area contributed by atoms with E-state index in [1.54, 1.807) is 12.8 Å². The molecular weight excluding hydrogens is 348 g/mol. The second kappa shape index (κ2) is 6.28. The van der Waals surface area contributed by atoms with Gasteiger partial charge in [0.05, 0.1) is 0 Å². The monoisotopic (exact) mass is 398 g/mol. The van der Waals surface area contributed by atoms with Crippen molar-refractivity contribution in [2.75, 3.05) is 0 Å². The molecule has 0 radical (unpaired) electrons. The van der Waals surface area contributed by atoms with Crippen LogP contribution in [0.3, 0.4) is 0 Å². The molecule has 0 saturated heterocycles. The molecule has 0 heterocycles. The highest BCUT2D eigenvalue weighted by Crippen LogP contribution is 2.77. The lowest BCUT2D eigenvalue weighted by molar-refractivity contribution is -0.241. The predicted molar refractivity (Wildman–Crippen MR) is 125 cm³/mol. The van der Waals surface area contributed by atoms with Crippen LogP contribution in [0.1, 0.15) is 126 Å². The average molecular weight is 399 g/mol. The maximum Gasteiger partial charge on any atom is -0.0235 e. The van der Waals surface area contributed by atoms with E-state index in [9.17, 15) is 0 Å². The summed E-state index contributed by atoms with van der Waals surface area (Å²) in [6, 6.07) is 0. The zero-order valence-corrected chi connectivity index (χ0v) is 20.9. The van der Waals surface area contributed by atoms with Gasteiger partial charge in [0.1, 0.15) is 0 Å². The van der Waals surface area contributed by atoms with Crippen molar-refractivity contribution in [2.24, 2.45) is 56.7 Å². The highest BCUT2D eigenvalue weighted by atomic mass is 14.7. The second-order valence-corrected chi connectivity index (χ2v) is 14.3. The summed E-state index contributed by atoms with van der Waals surface area (Å²) < 4.78 is 0. The van der Waals surface area contributed by atoms with Crippen molar-refractivity contribution in [2.45, 2.75) is 126 Å². The standard InChI is InChI=1S/C29H50/c1-8-20-12-17-26(4)21(20)13-18-28(6)23(26)10-11-24-27(5)16-9-15-25(2,3)22(27)14-19-29(24,28)7/h20-24H,8-19H2,1-7H3/t20-,21+,22+,23+,24+,26-,27-,28+,29+/m0/s1. The summed E-state index contributed by atoms with van der Waals surface area (Å²) in [6.45, 7) is 18.8. The van der Waals surface area contributed by atoms with Gasteiger partial charge in [0.15, 0.2) is 0 Å². The van der Waals surface area contributed by atoms with E-state index in [-0.39, 0.29) is 0 Å². The van der Waals surface area contributed by atoms with Gasteiger partial charge in [0.2, 0.25) is 0 Å². The van der Waals surface area contributed by atoms with Gasteiger partial charge in [-0.2, -0.15) is 0 Å². The minimum atomic E-state index is 0.565. The lowest BCUT2D eigenvalue weighted by atomic mass is 9.32. The molecule has 0 aliphatic heterocycles. The zero-order valence-electron chi connectivity index (χ0n) is 20.9. The van der Waals surface area contributed by atoms with Gasteiger partial charge in [0, 0.05) is 0 Å². The summed E-state index contributed by atoms with van der Waals surface area (Å²) in [6.07, 6.45) is 18.1. The summed E-state index contributed by atoms with van der Waals surface area (Å²) in [7, 11) is 0. The van der Waals surface area contributed by atoms with Crippen molar-refractivity contribution in [3.63, 3.8) is 0 Å². The Hall–Kier alpha value is 0. The van der Waals surface area contributed by atoms with E-state index < -0.39 is 0 Å². The molecule has 0 nitrogen and oxygen atoms in total. The summed E-state index contributed by atoms with van der Waals surface area (Å²) >= 11 is 0. The quantitative estimate of drug-likeness (QED) is 0.413. The number of hydrogen-bond donors (Lipinski definition) is 0.